The summed E-state index contributed by atoms with van der Waals surface area (Å²) in [5.41, 5.74) is 7.80. The van der Waals surface area contributed by atoms with Gasteiger partial charge < -0.3 is 14.9 Å². The van der Waals surface area contributed by atoms with Gasteiger partial charge in [0.05, 0.1) is 13.2 Å². The van der Waals surface area contributed by atoms with E-state index in [-0.39, 0.29) is 5.82 Å². The zero-order valence-electron chi connectivity index (χ0n) is 12.0. The van der Waals surface area contributed by atoms with Crippen molar-refractivity contribution in [2.75, 3.05) is 18.7 Å². The quantitative estimate of drug-likeness (QED) is 0.283. The van der Waals surface area contributed by atoms with Gasteiger partial charge in [-0.15, -0.1) is 0 Å². The second kappa shape index (κ2) is 6.89. The van der Waals surface area contributed by atoms with Crippen LogP contribution in [0.1, 0.15) is 13.2 Å². The van der Waals surface area contributed by atoms with Gasteiger partial charge in [0.15, 0.2) is 18.2 Å². The molecule has 23 heavy (non-hydrogen) atoms. The first-order chi connectivity index (χ1) is 11.0. The van der Waals surface area contributed by atoms with Crippen LogP contribution >= 0.6 is 0 Å². The van der Waals surface area contributed by atoms with E-state index in [1.54, 1.807) is 6.92 Å². The zero-order valence-corrected chi connectivity index (χ0v) is 12.0. The summed E-state index contributed by atoms with van der Waals surface area (Å²) in [6.45, 7) is 1.10. The average molecular weight is 330 g/mol. The van der Waals surface area contributed by atoms with Gasteiger partial charge in [0.2, 0.25) is 5.72 Å². The van der Waals surface area contributed by atoms with Crippen LogP contribution in [0.3, 0.4) is 0 Å². The van der Waals surface area contributed by atoms with Crippen LogP contribution in [0.2, 0.25) is 0 Å². The molecule has 3 N–H and O–H groups in total. The predicted octanol–water partition coefficient (Wildman–Crippen LogP) is -0.167. The molecule has 4 atom stereocenters. The Bertz CT molecular complexity index is 665. The highest BCUT2D eigenvalue weighted by atomic mass is 19.1. The zero-order chi connectivity index (χ0) is 17.0. The Hall–Kier alpha value is -2.24. The maximum atomic E-state index is 14.3. The molecule has 1 aromatic heterocycles. The van der Waals surface area contributed by atoms with E-state index in [1.165, 1.54) is 12.3 Å². The summed E-state index contributed by atoms with van der Waals surface area (Å²) in [5, 5.41) is 22.2. The number of halogens is 1. The Morgan fingerprint density at radius 2 is 2.48 bits per heavy atom. The fourth-order valence-corrected chi connectivity index (χ4v) is 2.09. The van der Waals surface area contributed by atoms with Crippen LogP contribution < -0.4 is 11.2 Å². The molecule has 11 nitrogen and oxygen atoms in total. The molecule has 0 aliphatic carbocycles. The minimum Gasteiger partial charge on any atom is -0.393 e. The summed E-state index contributed by atoms with van der Waals surface area (Å²) in [6.07, 6.45) is -4.49. The molecule has 12 heteroatoms. The van der Waals surface area contributed by atoms with Gasteiger partial charge in [-0.3, -0.25) is 9.40 Å². The van der Waals surface area contributed by atoms with E-state index >= 15 is 0 Å². The van der Waals surface area contributed by atoms with Gasteiger partial charge in [0.1, 0.15) is 6.10 Å². The molecule has 0 saturated carbocycles. The van der Waals surface area contributed by atoms with Gasteiger partial charge in [0, 0.05) is 11.1 Å². The lowest BCUT2D eigenvalue weighted by atomic mass is 10.1. The molecule has 0 aromatic carbocycles. The van der Waals surface area contributed by atoms with E-state index in [2.05, 4.69) is 20.5 Å². The topological polar surface area (TPSA) is 155 Å². The number of hydrogen-bond acceptors (Lipinski definition) is 8. The summed E-state index contributed by atoms with van der Waals surface area (Å²) in [5.74, 6) is 0.102. The van der Waals surface area contributed by atoms with Gasteiger partial charge in [-0.25, -0.2) is 14.7 Å². The first kappa shape index (κ1) is 17.1. The van der Waals surface area contributed by atoms with E-state index in [0.29, 0.717) is 6.61 Å². The van der Waals surface area contributed by atoms with Gasteiger partial charge in [-0.1, -0.05) is 5.11 Å². The normalized spacial score (nSPS) is 30.0. The molecule has 1 aliphatic rings. The van der Waals surface area contributed by atoms with Crippen molar-refractivity contribution in [2.45, 2.75) is 31.2 Å². The van der Waals surface area contributed by atoms with Crippen molar-refractivity contribution >= 4 is 5.82 Å². The third-order valence-corrected chi connectivity index (χ3v) is 3.23. The highest BCUT2D eigenvalue weighted by Crippen LogP contribution is 2.39. The first-order valence-electron chi connectivity index (χ1n) is 6.63. The molecule has 1 aliphatic heterocycles. The van der Waals surface area contributed by atoms with Gasteiger partial charge >= 0.3 is 5.69 Å². The highest BCUT2D eigenvalue weighted by Gasteiger charge is 2.56. The molecule has 1 unspecified atom stereocenters. The number of nitrogens with zero attached hydrogens (tertiary/aromatic N) is 5. The Morgan fingerprint density at radius 3 is 3.04 bits per heavy atom. The standard InChI is InChI=1S/C11H15FN6O5/c1-2-22-15-6-3-4-18(10(21)14-6)9-7(12)8(20)11(5-19,23-9)16-17-13/h3-4,7-9,19-20H,2,5H2,1H3,(H,14,15,21)/t7-,8?,9+,11+/m0/s1. The molecular formula is C11H15FN6O5. The predicted molar refractivity (Wildman–Crippen MR) is 73.7 cm³/mol. The molecule has 1 aromatic rings. The molecule has 0 radical (unpaired) electrons. The second-order valence-corrected chi connectivity index (χ2v) is 4.63. The van der Waals surface area contributed by atoms with E-state index in [1.807, 2.05) is 0 Å². The van der Waals surface area contributed by atoms with Crippen molar-refractivity contribution < 1.29 is 24.2 Å². The van der Waals surface area contributed by atoms with Crippen molar-refractivity contribution in [3.05, 3.63) is 33.2 Å². The number of aliphatic hydroxyl groups is 2. The Balaban J connectivity index is 2.32. The molecular weight excluding hydrogens is 315 g/mol. The van der Waals surface area contributed by atoms with E-state index in [0.717, 1.165) is 4.57 Å². The first-order valence-corrected chi connectivity index (χ1v) is 6.63. The molecule has 2 rings (SSSR count). The number of aliphatic hydroxyl groups excluding tert-OH is 2. The van der Waals surface area contributed by atoms with Gasteiger partial charge in [-0.2, -0.15) is 4.98 Å². The molecule has 0 spiro atoms. The average Bonchev–Trinajstić information content (AvgIpc) is 2.79. The smallest absolute Gasteiger partial charge is 0.351 e. The summed E-state index contributed by atoms with van der Waals surface area (Å²) in [7, 11) is 0. The minimum atomic E-state index is -2.21. The summed E-state index contributed by atoms with van der Waals surface area (Å²) in [6, 6.07) is 1.33. The Kier molecular flexibility index (Phi) is 5.13. The number of hydrogen-bond donors (Lipinski definition) is 3. The van der Waals surface area contributed by atoms with Crippen molar-refractivity contribution in [3.8, 4) is 0 Å². The van der Waals surface area contributed by atoms with Crippen molar-refractivity contribution in [1.82, 2.24) is 9.55 Å². The third kappa shape index (κ3) is 3.11. The highest BCUT2D eigenvalue weighted by molar-refractivity contribution is 5.28. The number of rotatable bonds is 6. The number of nitrogens with one attached hydrogen (secondary N) is 1. The van der Waals surface area contributed by atoms with Gasteiger partial charge in [-0.05, 0) is 18.5 Å². The lowest BCUT2D eigenvalue weighted by Gasteiger charge is -2.23. The molecule has 2 heterocycles. The Labute approximate surface area is 128 Å². The molecule has 126 valence electrons. The lowest BCUT2D eigenvalue weighted by molar-refractivity contribution is -0.124. The molecule has 1 saturated heterocycles. The van der Waals surface area contributed by atoms with Gasteiger partial charge in [0.25, 0.3) is 0 Å². The maximum absolute atomic E-state index is 14.3. The summed E-state index contributed by atoms with van der Waals surface area (Å²) < 4.78 is 20.2. The maximum Gasteiger partial charge on any atom is 0.351 e. The van der Waals surface area contributed by atoms with Crippen LogP contribution in [0.15, 0.2) is 22.2 Å². The largest absolute Gasteiger partial charge is 0.393 e. The second-order valence-electron chi connectivity index (χ2n) is 4.63. The van der Waals surface area contributed by atoms with Crippen LogP contribution in [-0.2, 0) is 9.57 Å². The van der Waals surface area contributed by atoms with E-state index < -0.39 is 36.5 Å². The summed E-state index contributed by atoms with van der Waals surface area (Å²) >= 11 is 0. The Morgan fingerprint density at radius 1 is 1.74 bits per heavy atom. The molecule has 0 bridgehead atoms. The third-order valence-electron chi connectivity index (χ3n) is 3.23. The van der Waals surface area contributed by atoms with Crippen LogP contribution in [0, 0.1) is 0 Å². The fraction of sp³-hybridized carbons (Fsp3) is 0.636. The number of aromatic nitrogens is 2. The van der Waals surface area contributed by atoms with E-state index in [9.17, 15) is 19.4 Å². The number of anilines is 1. The number of alkyl halides is 1. The molecule has 0 amide bonds. The van der Waals surface area contributed by atoms with E-state index in [4.69, 9.17) is 15.1 Å². The van der Waals surface area contributed by atoms with Crippen molar-refractivity contribution in [3.63, 3.8) is 0 Å². The van der Waals surface area contributed by atoms with Crippen molar-refractivity contribution in [1.29, 1.82) is 0 Å². The molecule has 1 fully saturated rings. The lowest BCUT2D eigenvalue weighted by Crippen LogP contribution is -2.43. The summed E-state index contributed by atoms with van der Waals surface area (Å²) in [4.78, 5) is 22.9. The monoisotopic (exact) mass is 330 g/mol. The van der Waals surface area contributed by atoms with Crippen LogP contribution in [0.4, 0.5) is 10.2 Å². The van der Waals surface area contributed by atoms with Crippen LogP contribution in [-0.4, -0.2) is 51.0 Å². The number of ether oxygens (including phenoxy) is 1. The van der Waals surface area contributed by atoms with Crippen molar-refractivity contribution in [2.24, 2.45) is 5.11 Å². The fourth-order valence-electron chi connectivity index (χ4n) is 2.09. The van der Waals surface area contributed by atoms with Crippen LogP contribution in [0.25, 0.3) is 10.4 Å². The SMILES string of the molecule is CCONc1ccn([C@@H]2O[C@@](CO)(N=[N+]=[N-])C(O)[C@@H]2F)c(=O)n1. The minimum absolute atomic E-state index is 0.102. The number of azide groups is 1. The van der Waals surface area contributed by atoms with Crippen LogP contribution in [0.5, 0.6) is 0 Å².